The van der Waals surface area contributed by atoms with Crippen LogP contribution in [0, 0.1) is 0 Å². The maximum absolute atomic E-state index is 5.23. The molecule has 1 aliphatic rings. The van der Waals surface area contributed by atoms with Crippen molar-refractivity contribution in [2.75, 3.05) is 20.8 Å². The van der Waals surface area contributed by atoms with Crippen molar-refractivity contribution in [3.63, 3.8) is 0 Å². The second kappa shape index (κ2) is 5.65. The lowest BCUT2D eigenvalue weighted by molar-refractivity contribution is 0.124. The first kappa shape index (κ1) is 12.6. The molecule has 2 nitrogen and oxygen atoms in total. The highest BCUT2D eigenvalue weighted by atomic mass is 16.5. The highest BCUT2D eigenvalue weighted by Gasteiger charge is 2.44. The summed E-state index contributed by atoms with van der Waals surface area (Å²) >= 11 is 0. The summed E-state index contributed by atoms with van der Waals surface area (Å²) in [5.74, 6) is 0. The van der Waals surface area contributed by atoms with Crippen molar-refractivity contribution in [1.29, 1.82) is 0 Å². The van der Waals surface area contributed by atoms with E-state index in [1.54, 1.807) is 7.11 Å². The highest BCUT2D eigenvalue weighted by molar-refractivity contribution is 5.30. The summed E-state index contributed by atoms with van der Waals surface area (Å²) in [6.45, 7) is 0.833. The molecule has 0 spiro atoms. The van der Waals surface area contributed by atoms with Gasteiger partial charge in [0, 0.05) is 25.2 Å². The lowest BCUT2D eigenvalue weighted by atomic mass is 9.59. The first-order valence-corrected chi connectivity index (χ1v) is 6.55. The first-order valence-electron chi connectivity index (χ1n) is 6.55. The van der Waals surface area contributed by atoms with Gasteiger partial charge < -0.3 is 10.1 Å². The third-order valence-electron chi connectivity index (χ3n) is 4.22. The van der Waals surface area contributed by atoms with Gasteiger partial charge in [-0.2, -0.15) is 0 Å². The highest BCUT2D eigenvalue weighted by Crippen LogP contribution is 2.47. The Kier molecular flexibility index (Phi) is 4.19. The van der Waals surface area contributed by atoms with Crippen molar-refractivity contribution in [2.24, 2.45) is 0 Å². The molecule has 17 heavy (non-hydrogen) atoms. The Morgan fingerprint density at radius 2 is 2.00 bits per heavy atom. The number of methoxy groups -OCH3 is 1. The van der Waals surface area contributed by atoms with Gasteiger partial charge in [-0.3, -0.25) is 0 Å². The molecule has 0 amide bonds. The molecule has 2 rings (SSSR count). The molecule has 1 atom stereocenters. The van der Waals surface area contributed by atoms with Crippen molar-refractivity contribution in [3.8, 4) is 0 Å². The zero-order chi connectivity index (χ0) is 12.1. The fourth-order valence-electron chi connectivity index (χ4n) is 3.10. The summed E-state index contributed by atoms with van der Waals surface area (Å²) in [7, 11) is 3.85. The van der Waals surface area contributed by atoms with E-state index in [2.05, 4.69) is 42.7 Å². The van der Waals surface area contributed by atoms with Gasteiger partial charge in [-0.25, -0.2) is 0 Å². The molecule has 1 aromatic carbocycles. The Hall–Kier alpha value is -0.860. The van der Waals surface area contributed by atoms with Gasteiger partial charge in [0.25, 0.3) is 0 Å². The van der Waals surface area contributed by atoms with Crippen LogP contribution in [0.4, 0.5) is 0 Å². The van der Waals surface area contributed by atoms with Crippen LogP contribution in [0.15, 0.2) is 30.3 Å². The third kappa shape index (κ3) is 2.38. The van der Waals surface area contributed by atoms with Crippen LogP contribution in [-0.2, 0) is 10.2 Å². The standard InChI is InChI=1S/C15H23NO/c1-16-14(9-12-17-2)15(10-6-11-15)13-7-4-3-5-8-13/h3-5,7-8,14,16H,6,9-12H2,1-2H3. The fraction of sp³-hybridized carbons (Fsp3) is 0.600. The number of nitrogens with one attached hydrogen (secondary N) is 1. The van der Waals surface area contributed by atoms with Crippen LogP contribution in [-0.4, -0.2) is 26.8 Å². The molecule has 2 heteroatoms. The van der Waals surface area contributed by atoms with Crippen LogP contribution in [0.2, 0.25) is 0 Å². The lowest BCUT2D eigenvalue weighted by Gasteiger charge is -2.48. The predicted molar refractivity (Wildman–Crippen MR) is 71.3 cm³/mol. The number of benzene rings is 1. The topological polar surface area (TPSA) is 21.3 Å². The van der Waals surface area contributed by atoms with E-state index < -0.39 is 0 Å². The van der Waals surface area contributed by atoms with E-state index >= 15 is 0 Å². The molecule has 94 valence electrons. The Bertz CT molecular complexity index is 332. The zero-order valence-electron chi connectivity index (χ0n) is 10.9. The third-order valence-corrected chi connectivity index (χ3v) is 4.22. The van der Waals surface area contributed by atoms with Gasteiger partial charge >= 0.3 is 0 Å². The molecule has 0 aliphatic heterocycles. The summed E-state index contributed by atoms with van der Waals surface area (Å²) in [4.78, 5) is 0. The molecule has 1 aliphatic carbocycles. The van der Waals surface area contributed by atoms with Crippen LogP contribution < -0.4 is 5.32 Å². The van der Waals surface area contributed by atoms with Crippen molar-refractivity contribution < 1.29 is 4.74 Å². The summed E-state index contributed by atoms with van der Waals surface area (Å²) < 4.78 is 5.23. The minimum Gasteiger partial charge on any atom is -0.385 e. The van der Waals surface area contributed by atoms with Crippen LogP contribution in [0.5, 0.6) is 0 Å². The number of rotatable bonds is 6. The maximum Gasteiger partial charge on any atom is 0.0477 e. The largest absolute Gasteiger partial charge is 0.385 e. The fourth-order valence-corrected chi connectivity index (χ4v) is 3.10. The van der Waals surface area contributed by atoms with Crippen molar-refractivity contribution in [1.82, 2.24) is 5.32 Å². The Morgan fingerprint density at radius 1 is 1.29 bits per heavy atom. The number of likely N-dealkylation sites (N-methyl/N-ethyl adjacent to an activating group) is 1. The van der Waals surface area contributed by atoms with Crippen LogP contribution >= 0.6 is 0 Å². The predicted octanol–water partition coefficient (Wildman–Crippen LogP) is 2.73. The van der Waals surface area contributed by atoms with Crippen LogP contribution in [0.25, 0.3) is 0 Å². The van der Waals surface area contributed by atoms with E-state index in [0.29, 0.717) is 11.5 Å². The van der Waals surface area contributed by atoms with Crippen molar-refractivity contribution >= 4 is 0 Å². The summed E-state index contributed by atoms with van der Waals surface area (Å²) in [5, 5.41) is 3.50. The Labute approximate surface area is 104 Å². The van der Waals surface area contributed by atoms with Crippen LogP contribution in [0.1, 0.15) is 31.2 Å². The molecule has 0 bridgehead atoms. The molecule has 1 N–H and O–H groups in total. The molecule has 1 saturated carbocycles. The average Bonchev–Trinajstić information content (AvgIpc) is 2.33. The monoisotopic (exact) mass is 233 g/mol. The van der Waals surface area contributed by atoms with Crippen LogP contribution in [0.3, 0.4) is 0 Å². The zero-order valence-corrected chi connectivity index (χ0v) is 10.9. The molecule has 1 aromatic rings. The van der Waals surface area contributed by atoms with Gasteiger partial charge in [0.05, 0.1) is 0 Å². The Morgan fingerprint density at radius 3 is 2.47 bits per heavy atom. The number of ether oxygens (including phenoxy) is 1. The van der Waals surface area contributed by atoms with E-state index in [1.165, 1.54) is 24.8 Å². The first-order chi connectivity index (χ1) is 8.33. The summed E-state index contributed by atoms with van der Waals surface area (Å²) in [6, 6.07) is 11.5. The van der Waals surface area contributed by atoms with E-state index in [-0.39, 0.29) is 0 Å². The molecule has 0 radical (unpaired) electrons. The van der Waals surface area contributed by atoms with E-state index in [1.807, 2.05) is 0 Å². The minimum atomic E-state index is 0.342. The maximum atomic E-state index is 5.23. The van der Waals surface area contributed by atoms with E-state index in [0.717, 1.165) is 13.0 Å². The molecule has 0 heterocycles. The molecule has 1 unspecified atom stereocenters. The number of hydrogen-bond donors (Lipinski definition) is 1. The molecule has 0 saturated heterocycles. The van der Waals surface area contributed by atoms with Gasteiger partial charge in [0.15, 0.2) is 0 Å². The second-order valence-electron chi connectivity index (χ2n) is 5.00. The quantitative estimate of drug-likeness (QED) is 0.815. The SMILES string of the molecule is CNC(CCOC)C1(c2ccccc2)CCC1. The average molecular weight is 233 g/mol. The van der Waals surface area contributed by atoms with E-state index in [9.17, 15) is 0 Å². The Balaban J connectivity index is 2.18. The van der Waals surface area contributed by atoms with Crippen molar-refractivity contribution in [3.05, 3.63) is 35.9 Å². The smallest absolute Gasteiger partial charge is 0.0477 e. The van der Waals surface area contributed by atoms with Gasteiger partial charge in [-0.05, 0) is 31.9 Å². The molecule has 1 fully saturated rings. The normalized spacial score (nSPS) is 19.6. The van der Waals surface area contributed by atoms with Gasteiger partial charge in [0.1, 0.15) is 0 Å². The lowest BCUT2D eigenvalue weighted by Crippen LogP contribution is -2.52. The van der Waals surface area contributed by atoms with Gasteiger partial charge in [-0.15, -0.1) is 0 Å². The van der Waals surface area contributed by atoms with E-state index in [4.69, 9.17) is 4.74 Å². The molecule has 0 aromatic heterocycles. The molecular formula is C15H23NO. The second-order valence-corrected chi connectivity index (χ2v) is 5.00. The summed E-state index contributed by atoms with van der Waals surface area (Å²) in [6.07, 6.45) is 5.03. The van der Waals surface area contributed by atoms with Gasteiger partial charge in [-0.1, -0.05) is 36.8 Å². The number of hydrogen-bond acceptors (Lipinski definition) is 2. The van der Waals surface area contributed by atoms with Crippen molar-refractivity contribution in [2.45, 2.75) is 37.1 Å². The molecular weight excluding hydrogens is 210 g/mol. The minimum absolute atomic E-state index is 0.342. The summed E-state index contributed by atoms with van der Waals surface area (Å²) in [5.41, 5.74) is 1.83. The van der Waals surface area contributed by atoms with Gasteiger partial charge in [0.2, 0.25) is 0 Å².